The van der Waals surface area contributed by atoms with Crippen molar-refractivity contribution in [2.24, 2.45) is 5.92 Å². The lowest BCUT2D eigenvalue weighted by Gasteiger charge is -2.08. The molecular formula is C10H16N2O2S2. The van der Waals surface area contributed by atoms with Gasteiger partial charge in [-0.3, -0.25) is 0 Å². The zero-order valence-electron chi connectivity index (χ0n) is 9.49. The van der Waals surface area contributed by atoms with Crippen molar-refractivity contribution >= 4 is 26.3 Å². The van der Waals surface area contributed by atoms with Crippen LogP contribution in [0.3, 0.4) is 0 Å². The predicted octanol–water partition coefficient (Wildman–Crippen LogP) is 1.68. The van der Waals surface area contributed by atoms with Crippen LogP contribution in [0.4, 0.5) is 5.13 Å². The molecule has 6 heteroatoms. The van der Waals surface area contributed by atoms with Crippen LogP contribution in [0.5, 0.6) is 0 Å². The quantitative estimate of drug-likeness (QED) is 0.898. The van der Waals surface area contributed by atoms with E-state index in [1.54, 1.807) is 0 Å². The van der Waals surface area contributed by atoms with E-state index < -0.39 is 9.84 Å². The van der Waals surface area contributed by atoms with E-state index in [1.807, 2.05) is 0 Å². The maximum atomic E-state index is 11.4. The van der Waals surface area contributed by atoms with Crippen molar-refractivity contribution in [1.82, 2.24) is 4.98 Å². The smallest absolute Gasteiger partial charge is 0.183 e. The van der Waals surface area contributed by atoms with Crippen molar-refractivity contribution in [2.75, 3.05) is 17.6 Å². The number of aryl methyl sites for hydroxylation is 1. The molecule has 0 aromatic carbocycles. The Balaban J connectivity index is 2.12. The summed E-state index contributed by atoms with van der Waals surface area (Å²) in [5.41, 5.74) is 0.964. The number of hydrogen-bond acceptors (Lipinski definition) is 5. The van der Waals surface area contributed by atoms with Crippen molar-refractivity contribution in [3.63, 3.8) is 0 Å². The summed E-state index contributed by atoms with van der Waals surface area (Å²) in [4.78, 5) is 5.35. The minimum Gasteiger partial charge on any atom is -0.361 e. The molecule has 1 aliphatic rings. The Kier molecular flexibility index (Phi) is 3.21. The SMILES string of the molecule is CC(C)CNc1nc2c(s1)CS(=O)(=O)CC2. The summed E-state index contributed by atoms with van der Waals surface area (Å²) in [5.74, 6) is 0.973. The summed E-state index contributed by atoms with van der Waals surface area (Å²) < 4.78 is 22.9. The maximum Gasteiger partial charge on any atom is 0.183 e. The molecular weight excluding hydrogens is 244 g/mol. The first-order chi connectivity index (χ1) is 7.46. The van der Waals surface area contributed by atoms with Gasteiger partial charge in [-0.25, -0.2) is 13.4 Å². The van der Waals surface area contributed by atoms with E-state index in [0.29, 0.717) is 12.3 Å². The second-order valence-electron chi connectivity index (χ2n) is 4.51. The maximum absolute atomic E-state index is 11.4. The summed E-state index contributed by atoms with van der Waals surface area (Å²) in [7, 11) is -2.87. The molecule has 0 unspecified atom stereocenters. The third-order valence-corrected chi connectivity index (χ3v) is 5.23. The highest BCUT2D eigenvalue weighted by Gasteiger charge is 2.24. The highest BCUT2D eigenvalue weighted by atomic mass is 32.2. The van der Waals surface area contributed by atoms with E-state index in [0.717, 1.165) is 22.2 Å². The van der Waals surface area contributed by atoms with E-state index >= 15 is 0 Å². The Morgan fingerprint density at radius 3 is 2.94 bits per heavy atom. The highest BCUT2D eigenvalue weighted by molar-refractivity contribution is 7.90. The molecule has 0 amide bonds. The lowest BCUT2D eigenvalue weighted by molar-refractivity contribution is 0.591. The molecule has 0 saturated heterocycles. The molecule has 0 fully saturated rings. The average molecular weight is 260 g/mol. The molecule has 0 aliphatic carbocycles. The summed E-state index contributed by atoms with van der Waals surface area (Å²) >= 11 is 1.48. The zero-order chi connectivity index (χ0) is 11.8. The molecule has 4 nitrogen and oxygen atoms in total. The van der Waals surface area contributed by atoms with Crippen LogP contribution in [0, 0.1) is 5.92 Å². The normalized spacial score (nSPS) is 18.4. The van der Waals surface area contributed by atoms with Crippen molar-refractivity contribution in [3.8, 4) is 0 Å². The molecule has 0 spiro atoms. The van der Waals surface area contributed by atoms with Crippen molar-refractivity contribution in [1.29, 1.82) is 0 Å². The van der Waals surface area contributed by atoms with E-state index in [1.165, 1.54) is 11.3 Å². The number of aromatic nitrogens is 1. The Morgan fingerprint density at radius 2 is 2.25 bits per heavy atom. The second kappa shape index (κ2) is 4.33. The first-order valence-corrected chi connectivity index (χ1v) is 8.03. The minimum atomic E-state index is -2.87. The number of thiazole rings is 1. The van der Waals surface area contributed by atoms with Crippen molar-refractivity contribution < 1.29 is 8.42 Å². The molecule has 0 saturated carbocycles. The van der Waals surface area contributed by atoms with Crippen LogP contribution in [-0.2, 0) is 22.0 Å². The lowest BCUT2D eigenvalue weighted by atomic mass is 10.2. The highest BCUT2D eigenvalue weighted by Crippen LogP contribution is 2.29. The van der Waals surface area contributed by atoms with Crippen molar-refractivity contribution in [2.45, 2.75) is 26.0 Å². The summed E-state index contributed by atoms with van der Waals surface area (Å²) in [5, 5.41) is 4.10. The molecule has 1 aromatic heterocycles. The number of sulfone groups is 1. The Bertz CT molecular complexity index is 477. The van der Waals surface area contributed by atoms with Gasteiger partial charge in [-0.05, 0) is 5.92 Å². The fraction of sp³-hybridized carbons (Fsp3) is 0.700. The van der Waals surface area contributed by atoms with Gasteiger partial charge in [-0.15, -0.1) is 11.3 Å². The van der Waals surface area contributed by atoms with Crippen LogP contribution >= 0.6 is 11.3 Å². The van der Waals surface area contributed by atoms with Gasteiger partial charge in [-0.1, -0.05) is 13.8 Å². The number of fused-ring (bicyclic) bond motifs is 1. The summed E-state index contributed by atoms with van der Waals surface area (Å²) in [6.45, 7) is 5.13. The molecule has 2 rings (SSSR count). The fourth-order valence-electron chi connectivity index (χ4n) is 1.58. The first kappa shape index (κ1) is 11.9. The molecule has 0 atom stereocenters. The minimum absolute atomic E-state index is 0.170. The molecule has 1 aliphatic heterocycles. The van der Waals surface area contributed by atoms with Crippen LogP contribution in [0.15, 0.2) is 0 Å². The monoisotopic (exact) mass is 260 g/mol. The molecule has 0 bridgehead atoms. The number of anilines is 1. The molecule has 2 heterocycles. The standard InChI is InChI=1S/C10H16N2O2S2/c1-7(2)5-11-10-12-8-3-4-16(13,14)6-9(8)15-10/h7H,3-6H2,1-2H3,(H,11,12). The third-order valence-electron chi connectivity index (χ3n) is 2.44. The van der Waals surface area contributed by atoms with Gasteiger partial charge in [0.1, 0.15) is 0 Å². The fourth-order valence-corrected chi connectivity index (χ4v) is 4.38. The van der Waals surface area contributed by atoms with Crippen LogP contribution in [0.2, 0.25) is 0 Å². The second-order valence-corrected chi connectivity index (χ2v) is 7.77. The van der Waals surface area contributed by atoms with Gasteiger partial charge >= 0.3 is 0 Å². The zero-order valence-corrected chi connectivity index (χ0v) is 11.1. The van der Waals surface area contributed by atoms with Gasteiger partial charge in [0.25, 0.3) is 0 Å². The molecule has 1 aromatic rings. The average Bonchev–Trinajstić information content (AvgIpc) is 2.55. The lowest BCUT2D eigenvalue weighted by Crippen LogP contribution is -2.17. The number of hydrogen-bond donors (Lipinski definition) is 1. The van der Waals surface area contributed by atoms with Crippen LogP contribution in [-0.4, -0.2) is 25.7 Å². The molecule has 90 valence electrons. The number of nitrogens with zero attached hydrogens (tertiary/aromatic N) is 1. The Hall–Kier alpha value is -0.620. The Morgan fingerprint density at radius 1 is 1.50 bits per heavy atom. The van der Waals surface area contributed by atoms with E-state index in [9.17, 15) is 8.42 Å². The third kappa shape index (κ3) is 2.74. The summed E-state index contributed by atoms with van der Waals surface area (Å²) in [6, 6.07) is 0. The topological polar surface area (TPSA) is 59.1 Å². The number of rotatable bonds is 3. The Labute approximate surface area is 100 Å². The van der Waals surface area contributed by atoms with Crippen molar-refractivity contribution in [3.05, 3.63) is 10.6 Å². The first-order valence-electron chi connectivity index (χ1n) is 5.39. The van der Waals surface area contributed by atoms with Crippen LogP contribution in [0.1, 0.15) is 24.4 Å². The van der Waals surface area contributed by atoms with Gasteiger partial charge in [0.2, 0.25) is 0 Å². The van der Waals surface area contributed by atoms with E-state index in [4.69, 9.17) is 0 Å². The largest absolute Gasteiger partial charge is 0.361 e. The predicted molar refractivity (Wildman–Crippen MR) is 66.6 cm³/mol. The van der Waals surface area contributed by atoms with Gasteiger partial charge in [0, 0.05) is 17.8 Å². The van der Waals surface area contributed by atoms with Gasteiger partial charge < -0.3 is 5.32 Å². The van der Waals surface area contributed by atoms with Gasteiger partial charge in [-0.2, -0.15) is 0 Å². The van der Waals surface area contributed by atoms with Crippen LogP contribution in [0.25, 0.3) is 0 Å². The molecule has 1 N–H and O–H groups in total. The molecule has 16 heavy (non-hydrogen) atoms. The van der Waals surface area contributed by atoms with Gasteiger partial charge in [0.15, 0.2) is 15.0 Å². The van der Waals surface area contributed by atoms with Gasteiger partial charge in [0.05, 0.1) is 17.2 Å². The van der Waals surface area contributed by atoms with Crippen LogP contribution < -0.4 is 5.32 Å². The number of nitrogens with one attached hydrogen (secondary N) is 1. The molecule has 0 radical (unpaired) electrons. The van der Waals surface area contributed by atoms with E-state index in [-0.39, 0.29) is 11.5 Å². The van der Waals surface area contributed by atoms with E-state index in [2.05, 4.69) is 24.1 Å². The summed E-state index contributed by atoms with van der Waals surface area (Å²) in [6.07, 6.45) is 0.567.